The molecule has 0 atom stereocenters. The van der Waals surface area contributed by atoms with E-state index in [2.05, 4.69) is 5.32 Å². The summed E-state index contributed by atoms with van der Waals surface area (Å²) in [5, 5.41) is 11.3. The van der Waals surface area contributed by atoms with Crippen molar-refractivity contribution >= 4 is 29.6 Å². The molecule has 0 saturated carbocycles. The number of carboxylic acid groups (broad SMARTS) is 1. The van der Waals surface area contributed by atoms with E-state index in [-0.39, 0.29) is 11.5 Å². The number of hydrogen-bond donors (Lipinski definition) is 2. The van der Waals surface area contributed by atoms with Gasteiger partial charge in [-0.3, -0.25) is 14.4 Å². The minimum atomic E-state index is -1.33. The SMILES string of the molecule is COc1cc(OC)c(/C=C/C(=O)Nc2ccc(OC)c(OC(=O)CC(=O)O)c2)c(OC)c1. The second-order valence-corrected chi connectivity index (χ2v) is 6.18. The van der Waals surface area contributed by atoms with Gasteiger partial charge in [0.15, 0.2) is 11.5 Å². The Morgan fingerprint density at radius 1 is 0.875 bits per heavy atom. The van der Waals surface area contributed by atoms with Gasteiger partial charge in [0, 0.05) is 30.0 Å². The lowest BCUT2D eigenvalue weighted by atomic mass is 10.1. The highest BCUT2D eigenvalue weighted by molar-refractivity contribution is 6.02. The molecule has 0 bridgehead atoms. The topological polar surface area (TPSA) is 130 Å². The molecule has 1 amide bonds. The van der Waals surface area contributed by atoms with E-state index >= 15 is 0 Å². The Hall–Kier alpha value is -4.21. The predicted octanol–water partition coefficient (Wildman–Crippen LogP) is 2.75. The number of rotatable bonds is 10. The molecule has 32 heavy (non-hydrogen) atoms. The number of anilines is 1. The van der Waals surface area contributed by atoms with Crippen LogP contribution < -0.4 is 29.0 Å². The molecular formula is C22H23NO9. The summed E-state index contributed by atoms with van der Waals surface area (Å²) in [6.07, 6.45) is 1.98. The van der Waals surface area contributed by atoms with Gasteiger partial charge in [-0.15, -0.1) is 0 Å². The van der Waals surface area contributed by atoms with Gasteiger partial charge >= 0.3 is 11.9 Å². The van der Waals surface area contributed by atoms with Gasteiger partial charge in [-0.25, -0.2) is 0 Å². The molecule has 0 aliphatic heterocycles. The molecule has 10 nitrogen and oxygen atoms in total. The van der Waals surface area contributed by atoms with Crippen molar-refractivity contribution in [3.05, 3.63) is 42.0 Å². The maximum absolute atomic E-state index is 12.4. The average molecular weight is 445 g/mol. The van der Waals surface area contributed by atoms with Gasteiger partial charge in [-0.1, -0.05) is 0 Å². The third-order valence-electron chi connectivity index (χ3n) is 4.11. The van der Waals surface area contributed by atoms with Gasteiger partial charge in [0.1, 0.15) is 23.7 Å². The fraction of sp³-hybridized carbons (Fsp3) is 0.227. The monoisotopic (exact) mass is 445 g/mol. The highest BCUT2D eigenvalue weighted by Crippen LogP contribution is 2.35. The number of ether oxygens (including phenoxy) is 5. The van der Waals surface area contributed by atoms with Gasteiger partial charge in [0.2, 0.25) is 5.91 Å². The Morgan fingerprint density at radius 2 is 1.50 bits per heavy atom. The second kappa shape index (κ2) is 11.3. The van der Waals surface area contributed by atoms with Crippen LogP contribution in [0.2, 0.25) is 0 Å². The van der Waals surface area contributed by atoms with E-state index in [0.29, 0.717) is 28.5 Å². The zero-order chi connectivity index (χ0) is 23.7. The molecular weight excluding hydrogens is 422 g/mol. The Morgan fingerprint density at radius 3 is 2.03 bits per heavy atom. The number of benzene rings is 2. The third-order valence-corrected chi connectivity index (χ3v) is 4.11. The predicted molar refractivity (Wildman–Crippen MR) is 115 cm³/mol. The fourth-order valence-corrected chi connectivity index (χ4v) is 2.66. The lowest BCUT2D eigenvalue weighted by Gasteiger charge is -2.12. The van der Waals surface area contributed by atoms with Crippen LogP contribution in [0.1, 0.15) is 12.0 Å². The van der Waals surface area contributed by atoms with Crippen molar-refractivity contribution in [3.63, 3.8) is 0 Å². The van der Waals surface area contributed by atoms with Crippen molar-refractivity contribution in [2.24, 2.45) is 0 Å². The minimum absolute atomic E-state index is 0.0287. The molecule has 0 aliphatic rings. The summed E-state index contributed by atoms with van der Waals surface area (Å²) in [7, 11) is 5.84. The Kier molecular flexibility index (Phi) is 8.46. The Bertz CT molecular complexity index is 1010. The summed E-state index contributed by atoms with van der Waals surface area (Å²) in [5.41, 5.74) is 0.830. The van der Waals surface area contributed by atoms with E-state index in [0.717, 1.165) is 0 Å². The molecule has 170 valence electrons. The highest BCUT2D eigenvalue weighted by Gasteiger charge is 2.15. The summed E-state index contributed by atoms with van der Waals surface area (Å²) >= 11 is 0. The van der Waals surface area contributed by atoms with Gasteiger partial charge in [-0.05, 0) is 18.2 Å². The van der Waals surface area contributed by atoms with Crippen molar-refractivity contribution in [2.45, 2.75) is 6.42 Å². The number of carbonyl (C=O) groups excluding carboxylic acids is 2. The molecule has 0 unspecified atom stereocenters. The van der Waals surface area contributed by atoms with Crippen LogP contribution in [0.25, 0.3) is 6.08 Å². The van der Waals surface area contributed by atoms with E-state index in [1.165, 1.54) is 58.8 Å². The highest BCUT2D eigenvalue weighted by atomic mass is 16.6. The summed E-state index contributed by atoms with van der Waals surface area (Å²) in [5.74, 6) is -1.19. The molecule has 2 rings (SSSR count). The smallest absolute Gasteiger partial charge is 0.322 e. The van der Waals surface area contributed by atoms with Crippen LogP contribution >= 0.6 is 0 Å². The summed E-state index contributed by atoms with van der Waals surface area (Å²) in [6, 6.07) is 7.66. The number of carboxylic acids is 1. The van der Waals surface area contributed by atoms with Crippen molar-refractivity contribution in [2.75, 3.05) is 33.8 Å². The van der Waals surface area contributed by atoms with Crippen molar-refractivity contribution in [3.8, 4) is 28.7 Å². The maximum Gasteiger partial charge on any atom is 0.322 e. The average Bonchev–Trinajstić information content (AvgIpc) is 2.76. The standard InChI is InChI=1S/C22H23NO9/c1-28-14-10-17(30-3)15(18(11-14)31-4)6-8-20(24)23-13-5-7-16(29-2)19(9-13)32-22(27)12-21(25)26/h5-11H,12H2,1-4H3,(H,23,24)(H,25,26)/b8-6+. The molecule has 2 N–H and O–H groups in total. The van der Waals surface area contributed by atoms with E-state index < -0.39 is 24.3 Å². The van der Waals surface area contributed by atoms with Crippen LogP contribution in [0.5, 0.6) is 28.7 Å². The number of esters is 1. The Balaban J connectivity index is 2.21. The molecule has 0 saturated heterocycles. The number of methoxy groups -OCH3 is 4. The van der Waals surface area contributed by atoms with Gasteiger partial charge < -0.3 is 34.1 Å². The van der Waals surface area contributed by atoms with Crippen molar-refractivity contribution in [1.82, 2.24) is 0 Å². The molecule has 0 spiro atoms. The number of carbonyl (C=O) groups is 3. The molecule has 2 aromatic rings. The van der Waals surface area contributed by atoms with Crippen LogP contribution in [-0.4, -0.2) is 51.4 Å². The second-order valence-electron chi connectivity index (χ2n) is 6.18. The molecule has 0 radical (unpaired) electrons. The van der Waals surface area contributed by atoms with Crippen LogP contribution in [-0.2, 0) is 14.4 Å². The molecule has 10 heteroatoms. The molecule has 0 heterocycles. The molecule has 2 aromatic carbocycles. The van der Waals surface area contributed by atoms with Crippen LogP contribution in [0, 0.1) is 0 Å². The van der Waals surface area contributed by atoms with Crippen molar-refractivity contribution in [1.29, 1.82) is 0 Å². The van der Waals surface area contributed by atoms with Gasteiger partial charge in [-0.2, -0.15) is 0 Å². The number of amides is 1. The lowest BCUT2D eigenvalue weighted by Crippen LogP contribution is -2.14. The zero-order valence-electron chi connectivity index (χ0n) is 18.0. The number of nitrogens with one attached hydrogen (secondary N) is 1. The van der Waals surface area contributed by atoms with Crippen LogP contribution in [0.3, 0.4) is 0 Å². The minimum Gasteiger partial charge on any atom is -0.496 e. The first-order valence-corrected chi connectivity index (χ1v) is 9.20. The van der Waals surface area contributed by atoms with Crippen molar-refractivity contribution < 1.29 is 43.2 Å². The van der Waals surface area contributed by atoms with E-state index in [9.17, 15) is 14.4 Å². The quantitative estimate of drug-likeness (QED) is 0.245. The first kappa shape index (κ1) is 24.1. The fourth-order valence-electron chi connectivity index (χ4n) is 2.66. The summed E-state index contributed by atoms with van der Waals surface area (Å²) < 4.78 is 26.0. The molecule has 0 aromatic heterocycles. The van der Waals surface area contributed by atoms with Gasteiger partial charge in [0.05, 0.1) is 34.0 Å². The first-order chi connectivity index (χ1) is 15.3. The summed E-state index contributed by atoms with van der Waals surface area (Å²) in [6.45, 7) is 0. The van der Waals surface area contributed by atoms with Crippen LogP contribution in [0.4, 0.5) is 5.69 Å². The van der Waals surface area contributed by atoms with E-state index in [1.807, 2.05) is 0 Å². The number of hydrogen-bond acceptors (Lipinski definition) is 8. The molecule has 0 fully saturated rings. The first-order valence-electron chi connectivity index (χ1n) is 9.20. The zero-order valence-corrected chi connectivity index (χ0v) is 18.0. The van der Waals surface area contributed by atoms with Crippen LogP contribution in [0.15, 0.2) is 36.4 Å². The lowest BCUT2D eigenvalue weighted by molar-refractivity contribution is -0.145. The summed E-state index contributed by atoms with van der Waals surface area (Å²) in [4.78, 5) is 34.7. The Labute approximate surface area is 184 Å². The maximum atomic E-state index is 12.4. The normalized spacial score (nSPS) is 10.4. The van der Waals surface area contributed by atoms with Gasteiger partial charge in [0.25, 0.3) is 0 Å². The third kappa shape index (κ3) is 6.39. The van der Waals surface area contributed by atoms with E-state index in [1.54, 1.807) is 12.1 Å². The molecule has 0 aliphatic carbocycles. The largest absolute Gasteiger partial charge is 0.496 e. The van der Waals surface area contributed by atoms with E-state index in [4.69, 9.17) is 28.8 Å². The number of aliphatic carboxylic acids is 1.